The molecular formula is C15H16N2O4. The molecule has 2 unspecified atom stereocenters. The van der Waals surface area contributed by atoms with Crippen LogP contribution < -0.4 is 0 Å². The van der Waals surface area contributed by atoms with Gasteiger partial charge in [-0.05, 0) is 25.0 Å². The molecule has 2 aliphatic heterocycles. The van der Waals surface area contributed by atoms with E-state index in [1.54, 1.807) is 17.2 Å². The van der Waals surface area contributed by atoms with Gasteiger partial charge in [0, 0.05) is 42.7 Å². The van der Waals surface area contributed by atoms with Gasteiger partial charge in [-0.2, -0.15) is 0 Å². The molecule has 0 radical (unpaired) electrons. The van der Waals surface area contributed by atoms with Gasteiger partial charge in [0.2, 0.25) is 0 Å². The van der Waals surface area contributed by atoms with Crippen LogP contribution in [-0.4, -0.2) is 52.2 Å². The summed E-state index contributed by atoms with van der Waals surface area (Å²) in [7, 11) is 0. The number of rotatable bonds is 3. The lowest BCUT2D eigenvalue weighted by Crippen LogP contribution is -2.46. The molecule has 3 rings (SSSR count). The van der Waals surface area contributed by atoms with Crippen LogP contribution in [0.5, 0.6) is 0 Å². The van der Waals surface area contributed by atoms with Crippen molar-refractivity contribution in [2.24, 2.45) is 0 Å². The van der Waals surface area contributed by atoms with E-state index in [1.165, 1.54) is 12.3 Å². The summed E-state index contributed by atoms with van der Waals surface area (Å²) in [4.78, 5) is 29.0. The van der Waals surface area contributed by atoms with E-state index >= 15 is 0 Å². The predicted molar refractivity (Wildman–Crippen MR) is 74.7 cm³/mol. The molecule has 6 heteroatoms. The van der Waals surface area contributed by atoms with Gasteiger partial charge in [0.25, 0.3) is 5.91 Å². The summed E-state index contributed by atoms with van der Waals surface area (Å²) in [5, 5.41) is 8.71. The average Bonchev–Trinajstić information content (AvgIpc) is 2.83. The van der Waals surface area contributed by atoms with Crippen molar-refractivity contribution in [2.75, 3.05) is 13.1 Å². The fourth-order valence-electron chi connectivity index (χ4n) is 2.85. The molecule has 21 heavy (non-hydrogen) atoms. The minimum atomic E-state index is -1.05. The van der Waals surface area contributed by atoms with Crippen LogP contribution in [0.4, 0.5) is 0 Å². The van der Waals surface area contributed by atoms with Crippen LogP contribution in [0.3, 0.4) is 0 Å². The van der Waals surface area contributed by atoms with Crippen LogP contribution in [0.1, 0.15) is 28.8 Å². The lowest BCUT2D eigenvalue weighted by Gasteiger charge is -2.32. The smallest absolute Gasteiger partial charge is 0.328 e. The van der Waals surface area contributed by atoms with E-state index in [0.717, 1.165) is 18.9 Å². The minimum Gasteiger partial charge on any atom is -0.478 e. The van der Waals surface area contributed by atoms with E-state index in [9.17, 15) is 9.59 Å². The summed E-state index contributed by atoms with van der Waals surface area (Å²) >= 11 is 0. The van der Waals surface area contributed by atoms with Crippen LogP contribution in [0.15, 0.2) is 24.5 Å². The van der Waals surface area contributed by atoms with Gasteiger partial charge < -0.3 is 14.7 Å². The number of ether oxygens (including phenoxy) is 1. The first-order valence-corrected chi connectivity index (χ1v) is 6.93. The maximum Gasteiger partial charge on any atom is 0.328 e. The molecule has 0 aromatic carbocycles. The Labute approximate surface area is 122 Å². The highest BCUT2D eigenvalue weighted by molar-refractivity contribution is 5.98. The fourth-order valence-corrected chi connectivity index (χ4v) is 2.85. The monoisotopic (exact) mass is 288 g/mol. The molecule has 3 heterocycles. The molecule has 2 saturated heterocycles. The Morgan fingerprint density at radius 3 is 2.71 bits per heavy atom. The van der Waals surface area contributed by atoms with Crippen molar-refractivity contribution in [2.45, 2.75) is 25.0 Å². The first kappa shape index (κ1) is 13.8. The number of amides is 1. The zero-order valence-electron chi connectivity index (χ0n) is 11.4. The summed E-state index contributed by atoms with van der Waals surface area (Å²) in [6.45, 7) is 1.19. The largest absolute Gasteiger partial charge is 0.478 e. The van der Waals surface area contributed by atoms with Crippen molar-refractivity contribution in [1.29, 1.82) is 0 Å². The Kier molecular flexibility index (Phi) is 3.70. The number of nitrogens with zero attached hydrogens (tertiary/aromatic N) is 2. The summed E-state index contributed by atoms with van der Waals surface area (Å²) in [5.41, 5.74) is 0.993. The zero-order chi connectivity index (χ0) is 14.8. The van der Waals surface area contributed by atoms with Gasteiger partial charge >= 0.3 is 5.97 Å². The molecule has 6 nitrogen and oxygen atoms in total. The molecule has 2 atom stereocenters. The zero-order valence-corrected chi connectivity index (χ0v) is 11.4. The van der Waals surface area contributed by atoms with Crippen LogP contribution in [-0.2, 0) is 9.53 Å². The Hall–Kier alpha value is -2.21. The van der Waals surface area contributed by atoms with Gasteiger partial charge in [0.1, 0.15) is 0 Å². The molecular weight excluding hydrogens is 272 g/mol. The molecule has 1 aromatic rings. The second kappa shape index (κ2) is 5.65. The quantitative estimate of drug-likeness (QED) is 0.845. The SMILES string of the molecule is O=C(O)C=Cc1cnccc1C(=O)N1CC2CCC(C1)O2. The average molecular weight is 288 g/mol. The Balaban J connectivity index is 1.83. The summed E-state index contributed by atoms with van der Waals surface area (Å²) in [6, 6.07) is 1.63. The maximum atomic E-state index is 12.6. The number of carboxylic acids is 1. The van der Waals surface area contributed by atoms with E-state index < -0.39 is 5.97 Å². The van der Waals surface area contributed by atoms with Crippen molar-refractivity contribution in [1.82, 2.24) is 9.88 Å². The summed E-state index contributed by atoms with van der Waals surface area (Å²) < 4.78 is 5.72. The second-order valence-corrected chi connectivity index (χ2v) is 5.30. The number of hydrogen-bond donors (Lipinski definition) is 1. The van der Waals surface area contributed by atoms with Crippen molar-refractivity contribution >= 4 is 18.0 Å². The van der Waals surface area contributed by atoms with Crippen LogP contribution >= 0.6 is 0 Å². The minimum absolute atomic E-state index is 0.0948. The third-order valence-electron chi connectivity index (χ3n) is 3.82. The lowest BCUT2D eigenvalue weighted by molar-refractivity contribution is -0.131. The molecule has 1 aromatic heterocycles. The van der Waals surface area contributed by atoms with E-state index in [1.807, 2.05) is 0 Å². The van der Waals surface area contributed by atoms with Crippen molar-refractivity contribution in [3.8, 4) is 0 Å². The summed E-state index contributed by atoms with van der Waals surface area (Å²) in [5.74, 6) is -1.15. The Bertz CT molecular complexity index is 587. The van der Waals surface area contributed by atoms with Gasteiger partial charge in [0.05, 0.1) is 12.2 Å². The summed E-state index contributed by atoms with van der Waals surface area (Å²) in [6.07, 6.45) is 7.71. The predicted octanol–water partition coefficient (Wildman–Crippen LogP) is 1.18. The van der Waals surface area contributed by atoms with E-state index in [0.29, 0.717) is 24.2 Å². The van der Waals surface area contributed by atoms with E-state index in [4.69, 9.17) is 9.84 Å². The van der Waals surface area contributed by atoms with Crippen LogP contribution in [0.2, 0.25) is 0 Å². The van der Waals surface area contributed by atoms with Gasteiger partial charge in [-0.1, -0.05) is 0 Å². The molecule has 0 saturated carbocycles. The van der Waals surface area contributed by atoms with E-state index in [2.05, 4.69) is 4.98 Å². The molecule has 2 fully saturated rings. The number of aromatic nitrogens is 1. The lowest BCUT2D eigenvalue weighted by atomic mass is 10.1. The standard InChI is InChI=1S/C15H16N2O4/c18-14(19)4-1-10-7-16-6-5-13(10)15(20)17-8-11-2-3-12(9-17)21-11/h1,4-7,11-12H,2-3,8-9H2,(H,18,19). The molecule has 110 valence electrons. The molecule has 0 aliphatic carbocycles. The van der Waals surface area contributed by atoms with Crippen molar-refractivity contribution in [3.05, 3.63) is 35.7 Å². The second-order valence-electron chi connectivity index (χ2n) is 5.30. The highest BCUT2D eigenvalue weighted by Crippen LogP contribution is 2.27. The first-order valence-electron chi connectivity index (χ1n) is 6.93. The number of carbonyl (C=O) groups excluding carboxylic acids is 1. The highest BCUT2D eigenvalue weighted by Gasteiger charge is 2.36. The molecule has 1 amide bonds. The van der Waals surface area contributed by atoms with Crippen molar-refractivity contribution in [3.63, 3.8) is 0 Å². The third-order valence-corrected chi connectivity index (χ3v) is 3.82. The first-order chi connectivity index (χ1) is 10.1. The highest BCUT2D eigenvalue weighted by atomic mass is 16.5. The van der Waals surface area contributed by atoms with E-state index in [-0.39, 0.29) is 18.1 Å². The Morgan fingerprint density at radius 2 is 2.05 bits per heavy atom. The number of fused-ring (bicyclic) bond motifs is 2. The number of pyridine rings is 1. The number of hydrogen-bond acceptors (Lipinski definition) is 4. The van der Waals surface area contributed by atoms with Gasteiger partial charge in [-0.3, -0.25) is 9.78 Å². The van der Waals surface area contributed by atoms with Gasteiger partial charge in [0.15, 0.2) is 0 Å². The maximum absolute atomic E-state index is 12.6. The van der Waals surface area contributed by atoms with Crippen LogP contribution in [0, 0.1) is 0 Å². The van der Waals surface area contributed by atoms with Crippen molar-refractivity contribution < 1.29 is 19.4 Å². The van der Waals surface area contributed by atoms with Gasteiger partial charge in [-0.15, -0.1) is 0 Å². The fraction of sp³-hybridized carbons (Fsp3) is 0.400. The number of carboxylic acid groups (broad SMARTS) is 1. The Morgan fingerprint density at radius 1 is 1.33 bits per heavy atom. The molecule has 2 aliphatic rings. The normalized spacial score (nSPS) is 24.5. The number of likely N-dealkylation sites (tertiary alicyclic amines) is 1. The number of carbonyl (C=O) groups is 2. The number of morpholine rings is 1. The van der Waals surface area contributed by atoms with Crippen LogP contribution in [0.25, 0.3) is 6.08 Å². The molecule has 2 bridgehead atoms. The third kappa shape index (κ3) is 2.95. The topological polar surface area (TPSA) is 79.7 Å². The van der Waals surface area contributed by atoms with Gasteiger partial charge in [-0.25, -0.2) is 4.79 Å². The molecule has 1 N–H and O–H groups in total. The number of aliphatic carboxylic acids is 1. The molecule has 0 spiro atoms.